The normalized spacial score (nSPS) is 11.9. The maximum atomic E-state index is 14.3. The first-order valence-electron chi connectivity index (χ1n) is 8.25. The number of aliphatic hydroxyl groups excluding tert-OH is 1. The van der Waals surface area contributed by atoms with Gasteiger partial charge in [0.2, 0.25) is 5.95 Å². The van der Waals surface area contributed by atoms with Crippen molar-refractivity contribution in [2.24, 2.45) is 0 Å². The van der Waals surface area contributed by atoms with Gasteiger partial charge in [-0.15, -0.1) is 11.8 Å². The molecule has 6 nitrogen and oxygen atoms in total. The number of hydrogen-bond donors (Lipinski definition) is 2. The molecular formula is C18H20F2N4O2S. The summed E-state index contributed by atoms with van der Waals surface area (Å²) in [6.07, 6.45) is 3.19. The van der Waals surface area contributed by atoms with Gasteiger partial charge in [-0.1, -0.05) is 20.8 Å². The maximum absolute atomic E-state index is 14.3. The summed E-state index contributed by atoms with van der Waals surface area (Å²) in [4.78, 5) is 8.45. The van der Waals surface area contributed by atoms with Crippen LogP contribution in [0.1, 0.15) is 20.8 Å². The lowest BCUT2D eigenvalue weighted by atomic mass is 10.2. The van der Waals surface area contributed by atoms with Crippen molar-refractivity contribution < 1.29 is 18.6 Å². The van der Waals surface area contributed by atoms with Gasteiger partial charge in [0, 0.05) is 17.0 Å². The first kappa shape index (κ1) is 19.4. The van der Waals surface area contributed by atoms with Gasteiger partial charge in [-0.25, -0.2) is 9.37 Å². The molecule has 0 aliphatic rings. The molecule has 0 bridgehead atoms. The molecule has 3 heterocycles. The molecule has 0 spiro atoms. The SMILES string of the molecule is CC(C)(C)Sc1cn2c(-c3cc(F)c(N)nc3F)cnc2cc1OCCO. The fourth-order valence-electron chi connectivity index (χ4n) is 2.52. The Kier molecular flexibility index (Phi) is 5.25. The predicted octanol–water partition coefficient (Wildman–Crippen LogP) is 3.52. The van der Waals surface area contributed by atoms with Gasteiger partial charge in [0.1, 0.15) is 18.0 Å². The second-order valence-electron chi connectivity index (χ2n) is 6.85. The van der Waals surface area contributed by atoms with Crippen LogP contribution in [0.2, 0.25) is 0 Å². The molecule has 3 aromatic rings. The van der Waals surface area contributed by atoms with Crippen molar-refractivity contribution in [2.75, 3.05) is 18.9 Å². The smallest absolute Gasteiger partial charge is 0.224 e. The van der Waals surface area contributed by atoms with Crippen molar-refractivity contribution in [1.29, 1.82) is 0 Å². The molecule has 3 N–H and O–H groups in total. The number of thioether (sulfide) groups is 1. The van der Waals surface area contributed by atoms with E-state index in [9.17, 15) is 8.78 Å². The standard InChI is InChI=1S/C18H20F2N4O2S/c1-18(2,3)27-14-9-24-12(10-6-11(19)17(21)23-16(10)20)8-22-15(24)7-13(14)26-5-4-25/h6-9,25H,4-5H2,1-3H3,(H2,21,23). The van der Waals surface area contributed by atoms with Crippen LogP contribution in [0.4, 0.5) is 14.6 Å². The summed E-state index contributed by atoms with van der Waals surface area (Å²) in [7, 11) is 0. The Hall–Kier alpha value is -2.39. The minimum atomic E-state index is -0.874. The molecule has 0 unspecified atom stereocenters. The third-order valence-electron chi connectivity index (χ3n) is 3.57. The molecule has 0 radical (unpaired) electrons. The van der Waals surface area contributed by atoms with Gasteiger partial charge in [-0.05, 0) is 6.07 Å². The summed E-state index contributed by atoms with van der Waals surface area (Å²) in [5.41, 5.74) is 6.13. The highest BCUT2D eigenvalue weighted by Crippen LogP contribution is 2.39. The Morgan fingerprint density at radius 3 is 2.70 bits per heavy atom. The number of nitrogen functional groups attached to an aromatic ring is 1. The van der Waals surface area contributed by atoms with Crippen LogP contribution in [-0.2, 0) is 0 Å². The van der Waals surface area contributed by atoms with Crippen LogP contribution in [0.5, 0.6) is 5.75 Å². The molecule has 0 atom stereocenters. The van der Waals surface area contributed by atoms with E-state index < -0.39 is 17.6 Å². The summed E-state index contributed by atoms with van der Waals surface area (Å²) >= 11 is 1.55. The average molecular weight is 394 g/mol. The summed E-state index contributed by atoms with van der Waals surface area (Å²) in [6.45, 7) is 6.16. The minimum absolute atomic E-state index is 0.0371. The predicted molar refractivity (Wildman–Crippen MR) is 101 cm³/mol. The van der Waals surface area contributed by atoms with Crippen LogP contribution in [0.3, 0.4) is 0 Å². The second kappa shape index (κ2) is 7.32. The van der Waals surface area contributed by atoms with E-state index >= 15 is 0 Å². The first-order chi connectivity index (χ1) is 12.7. The number of anilines is 1. The molecule has 27 heavy (non-hydrogen) atoms. The van der Waals surface area contributed by atoms with Gasteiger partial charge in [-0.2, -0.15) is 9.37 Å². The van der Waals surface area contributed by atoms with Crippen molar-refractivity contribution in [3.05, 3.63) is 36.3 Å². The number of halogens is 2. The van der Waals surface area contributed by atoms with Crippen LogP contribution < -0.4 is 10.5 Å². The zero-order valence-electron chi connectivity index (χ0n) is 15.2. The van der Waals surface area contributed by atoms with Crippen molar-refractivity contribution in [2.45, 2.75) is 30.4 Å². The van der Waals surface area contributed by atoms with Crippen molar-refractivity contribution in [3.8, 4) is 17.0 Å². The molecule has 0 saturated carbocycles. The lowest BCUT2D eigenvalue weighted by molar-refractivity contribution is 0.198. The zero-order valence-corrected chi connectivity index (χ0v) is 16.0. The highest BCUT2D eigenvalue weighted by atomic mass is 32.2. The largest absolute Gasteiger partial charge is 0.490 e. The molecule has 0 aromatic carbocycles. The summed E-state index contributed by atoms with van der Waals surface area (Å²) in [6, 6.07) is 2.71. The Balaban J connectivity index is 2.17. The van der Waals surface area contributed by atoms with E-state index in [4.69, 9.17) is 15.6 Å². The average Bonchev–Trinajstić information content (AvgIpc) is 2.97. The molecule has 0 aliphatic carbocycles. The first-order valence-corrected chi connectivity index (χ1v) is 9.07. The van der Waals surface area contributed by atoms with E-state index in [1.165, 1.54) is 6.20 Å². The van der Waals surface area contributed by atoms with E-state index in [0.29, 0.717) is 17.1 Å². The molecule has 0 amide bonds. The number of nitrogens with zero attached hydrogens (tertiary/aromatic N) is 3. The topological polar surface area (TPSA) is 85.7 Å². The Labute approximate surface area is 159 Å². The number of rotatable bonds is 5. The number of ether oxygens (including phenoxy) is 1. The molecule has 144 valence electrons. The molecular weight excluding hydrogens is 374 g/mol. The van der Waals surface area contributed by atoms with Crippen LogP contribution in [0.15, 0.2) is 29.4 Å². The number of imidazole rings is 1. The number of hydrogen-bond acceptors (Lipinski definition) is 6. The molecule has 9 heteroatoms. The van der Waals surface area contributed by atoms with Gasteiger partial charge in [0.25, 0.3) is 0 Å². The van der Waals surface area contributed by atoms with E-state index in [0.717, 1.165) is 11.0 Å². The van der Waals surface area contributed by atoms with Crippen molar-refractivity contribution in [1.82, 2.24) is 14.4 Å². The summed E-state index contributed by atoms with van der Waals surface area (Å²) in [5.74, 6) is -1.60. The number of nitrogens with two attached hydrogens (primary N) is 1. The molecule has 3 aromatic heterocycles. The summed E-state index contributed by atoms with van der Waals surface area (Å²) in [5, 5.41) is 9.05. The maximum Gasteiger partial charge on any atom is 0.224 e. The quantitative estimate of drug-likeness (QED) is 0.509. The third-order valence-corrected chi connectivity index (χ3v) is 4.71. The third kappa shape index (κ3) is 4.14. The Morgan fingerprint density at radius 2 is 2.04 bits per heavy atom. The second-order valence-corrected chi connectivity index (χ2v) is 8.72. The number of fused-ring (bicyclic) bond motifs is 1. The lowest BCUT2D eigenvalue weighted by Crippen LogP contribution is -2.09. The Bertz CT molecular complexity index is 986. The van der Waals surface area contributed by atoms with Gasteiger partial charge >= 0.3 is 0 Å². The fourth-order valence-corrected chi connectivity index (χ4v) is 3.56. The fraction of sp³-hybridized carbons (Fsp3) is 0.333. The van der Waals surface area contributed by atoms with Crippen LogP contribution in [-0.4, -0.2) is 37.4 Å². The Morgan fingerprint density at radius 1 is 1.30 bits per heavy atom. The molecule has 0 aliphatic heterocycles. The van der Waals surface area contributed by atoms with E-state index in [-0.39, 0.29) is 23.5 Å². The molecule has 0 fully saturated rings. The van der Waals surface area contributed by atoms with Gasteiger partial charge < -0.3 is 15.6 Å². The number of aromatic nitrogens is 3. The van der Waals surface area contributed by atoms with Crippen molar-refractivity contribution >= 4 is 23.2 Å². The summed E-state index contributed by atoms with van der Waals surface area (Å²) < 4.78 is 35.3. The highest BCUT2D eigenvalue weighted by Gasteiger charge is 2.20. The van der Waals surface area contributed by atoms with Crippen LogP contribution in [0.25, 0.3) is 16.9 Å². The minimum Gasteiger partial charge on any atom is -0.490 e. The van der Waals surface area contributed by atoms with Gasteiger partial charge in [0.15, 0.2) is 11.6 Å². The zero-order chi connectivity index (χ0) is 19.8. The molecule has 0 saturated heterocycles. The molecule has 3 rings (SSSR count). The van der Waals surface area contributed by atoms with Crippen LogP contribution >= 0.6 is 11.8 Å². The number of pyridine rings is 2. The highest BCUT2D eigenvalue weighted by molar-refractivity contribution is 8.00. The number of aliphatic hydroxyl groups is 1. The lowest BCUT2D eigenvalue weighted by Gasteiger charge is -2.20. The van der Waals surface area contributed by atoms with E-state index in [1.54, 1.807) is 28.4 Å². The van der Waals surface area contributed by atoms with Gasteiger partial charge in [0.05, 0.1) is 29.0 Å². The monoisotopic (exact) mass is 394 g/mol. The van der Waals surface area contributed by atoms with Gasteiger partial charge in [-0.3, -0.25) is 4.40 Å². The van der Waals surface area contributed by atoms with E-state index in [2.05, 4.69) is 9.97 Å². The van der Waals surface area contributed by atoms with E-state index in [1.807, 2.05) is 20.8 Å². The van der Waals surface area contributed by atoms with Crippen LogP contribution in [0, 0.1) is 11.8 Å². The van der Waals surface area contributed by atoms with Crippen molar-refractivity contribution in [3.63, 3.8) is 0 Å².